The number of pyridine rings is 1. The van der Waals surface area contributed by atoms with E-state index in [1.165, 1.54) is 11.1 Å². The second kappa shape index (κ2) is 8.30. The predicted octanol–water partition coefficient (Wildman–Crippen LogP) is 3.46. The monoisotopic (exact) mass is 352 g/mol. The van der Waals surface area contributed by atoms with Gasteiger partial charge in [0.1, 0.15) is 0 Å². The van der Waals surface area contributed by atoms with E-state index in [1.54, 1.807) is 0 Å². The third kappa shape index (κ3) is 4.50. The van der Waals surface area contributed by atoms with Gasteiger partial charge >= 0.3 is 0 Å². The smallest absolute Gasteiger partial charge is 0.0840 e. The number of hydrogen-bond donors (Lipinski definition) is 0. The minimum atomic E-state index is 0.0478. The fourth-order valence-electron chi connectivity index (χ4n) is 4.07. The predicted molar refractivity (Wildman–Crippen MR) is 102 cm³/mol. The van der Waals surface area contributed by atoms with Crippen LogP contribution in [-0.4, -0.2) is 47.8 Å². The van der Waals surface area contributed by atoms with Gasteiger partial charge in [-0.15, -0.1) is 0 Å². The average molecular weight is 352 g/mol. The Morgan fingerprint density at radius 3 is 2.58 bits per heavy atom. The van der Waals surface area contributed by atoms with Crippen molar-refractivity contribution >= 4 is 0 Å². The highest BCUT2D eigenvalue weighted by Gasteiger charge is 2.42. The number of rotatable bonds is 6. The minimum Gasteiger partial charge on any atom is -0.372 e. The van der Waals surface area contributed by atoms with Crippen LogP contribution in [0, 0.1) is 0 Å². The minimum absolute atomic E-state index is 0.0478. The molecule has 0 bridgehead atoms. The summed E-state index contributed by atoms with van der Waals surface area (Å²) in [5.74, 6) is 0. The molecule has 2 saturated heterocycles. The molecule has 1 atom stereocenters. The van der Waals surface area contributed by atoms with E-state index in [-0.39, 0.29) is 11.7 Å². The lowest BCUT2D eigenvalue weighted by atomic mass is 9.88. The van der Waals surface area contributed by atoms with Crippen molar-refractivity contribution in [2.45, 2.75) is 44.0 Å². The SMILES string of the molecule is c1ccc(CCN2CCC3(CC2)CC(OCc2ccncc2)CO3)cc1. The summed E-state index contributed by atoms with van der Waals surface area (Å²) < 4.78 is 12.3. The number of piperidine rings is 1. The number of hydrogen-bond acceptors (Lipinski definition) is 4. The highest BCUT2D eigenvalue weighted by atomic mass is 16.6. The molecule has 1 aromatic heterocycles. The molecule has 0 radical (unpaired) electrons. The standard InChI is InChI=1S/C22H28N2O2/c1-2-4-19(5-3-1)8-13-24-14-9-22(10-15-24)16-21(18-26-22)25-17-20-6-11-23-12-7-20/h1-7,11-12,21H,8-10,13-18H2. The fourth-order valence-corrected chi connectivity index (χ4v) is 4.07. The van der Waals surface area contributed by atoms with E-state index in [0.29, 0.717) is 6.61 Å². The highest BCUT2D eigenvalue weighted by Crippen LogP contribution is 2.37. The molecule has 4 nitrogen and oxygen atoms in total. The van der Waals surface area contributed by atoms with Gasteiger partial charge < -0.3 is 14.4 Å². The third-order valence-electron chi connectivity index (χ3n) is 5.74. The average Bonchev–Trinajstić information content (AvgIpc) is 3.10. The maximum absolute atomic E-state index is 6.23. The molecule has 1 spiro atoms. The molecule has 2 fully saturated rings. The van der Waals surface area contributed by atoms with Crippen molar-refractivity contribution in [3.63, 3.8) is 0 Å². The zero-order chi connectivity index (χ0) is 17.7. The van der Waals surface area contributed by atoms with Crippen LogP contribution in [0.15, 0.2) is 54.9 Å². The van der Waals surface area contributed by atoms with E-state index >= 15 is 0 Å². The van der Waals surface area contributed by atoms with E-state index in [2.05, 4.69) is 40.2 Å². The third-order valence-corrected chi connectivity index (χ3v) is 5.74. The number of likely N-dealkylation sites (tertiary alicyclic amines) is 1. The zero-order valence-corrected chi connectivity index (χ0v) is 15.3. The summed E-state index contributed by atoms with van der Waals surface area (Å²) in [6.45, 7) is 4.78. The van der Waals surface area contributed by atoms with Gasteiger partial charge in [-0.1, -0.05) is 30.3 Å². The Bertz CT molecular complexity index is 669. The van der Waals surface area contributed by atoms with E-state index in [1.807, 2.05) is 24.5 Å². The van der Waals surface area contributed by atoms with Crippen LogP contribution in [0.4, 0.5) is 0 Å². The Balaban J connectivity index is 1.20. The zero-order valence-electron chi connectivity index (χ0n) is 15.3. The maximum atomic E-state index is 6.23. The largest absolute Gasteiger partial charge is 0.372 e. The van der Waals surface area contributed by atoms with Gasteiger partial charge in [0.05, 0.1) is 24.9 Å². The number of benzene rings is 1. The number of ether oxygens (including phenoxy) is 2. The Kier molecular flexibility index (Phi) is 5.63. The maximum Gasteiger partial charge on any atom is 0.0840 e. The van der Waals surface area contributed by atoms with Gasteiger partial charge in [0, 0.05) is 38.4 Å². The molecular formula is C22H28N2O2. The van der Waals surface area contributed by atoms with Gasteiger partial charge in [-0.2, -0.15) is 0 Å². The topological polar surface area (TPSA) is 34.6 Å². The molecule has 26 heavy (non-hydrogen) atoms. The summed E-state index contributed by atoms with van der Waals surface area (Å²) in [4.78, 5) is 6.63. The summed E-state index contributed by atoms with van der Waals surface area (Å²) >= 11 is 0. The summed E-state index contributed by atoms with van der Waals surface area (Å²) in [6.07, 6.45) is 8.26. The molecule has 2 aromatic rings. The molecule has 3 heterocycles. The first-order valence-electron chi connectivity index (χ1n) is 9.72. The van der Waals surface area contributed by atoms with E-state index in [9.17, 15) is 0 Å². The van der Waals surface area contributed by atoms with E-state index in [4.69, 9.17) is 9.47 Å². The van der Waals surface area contributed by atoms with Crippen molar-refractivity contribution in [1.82, 2.24) is 9.88 Å². The molecule has 4 rings (SSSR count). The molecule has 0 saturated carbocycles. The summed E-state index contributed by atoms with van der Waals surface area (Å²) in [7, 11) is 0. The lowest BCUT2D eigenvalue weighted by Crippen LogP contribution is -2.44. The Morgan fingerprint density at radius 2 is 1.81 bits per heavy atom. The normalized spacial score (nSPS) is 22.7. The van der Waals surface area contributed by atoms with Crippen LogP contribution >= 0.6 is 0 Å². The van der Waals surface area contributed by atoms with Crippen LogP contribution < -0.4 is 0 Å². The van der Waals surface area contributed by atoms with Crippen LogP contribution in [0.5, 0.6) is 0 Å². The Morgan fingerprint density at radius 1 is 1.04 bits per heavy atom. The Labute approximate surface area is 156 Å². The van der Waals surface area contributed by atoms with Crippen LogP contribution in [0.3, 0.4) is 0 Å². The highest BCUT2D eigenvalue weighted by molar-refractivity contribution is 5.15. The van der Waals surface area contributed by atoms with Crippen LogP contribution in [-0.2, 0) is 22.5 Å². The number of aromatic nitrogens is 1. The van der Waals surface area contributed by atoms with Gasteiger partial charge in [0.25, 0.3) is 0 Å². The molecule has 2 aliphatic rings. The van der Waals surface area contributed by atoms with Gasteiger partial charge in [-0.05, 0) is 42.5 Å². The first-order chi connectivity index (χ1) is 12.8. The lowest BCUT2D eigenvalue weighted by molar-refractivity contribution is -0.0452. The van der Waals surface area contributed by atoms with Gasteiger partial charge in [-0.25, -0.2) is 0 Å². The summed E-state index contributed by atoms with van der Waals surface area (Å²) in [5, 5.41) is 0. The van der Waals surface area contributed by atoms with Crippen LogP contribution in [0.1, 0.15) is 30.4 Å². The van der Waals surface area contributed by atoms with Gasteiger partial charge in [0.15, 0.2) is 0 Å². The van der Waals surface area contributed by atoms with Crippen molar-refractivity contribution in [1.29, 1.82) is 0 Å². The second-order valence-corrected chi connectivity index (χ2v) is 7.56. The Hall–Kier alpha value is -1.75. The molecule has 0 amide bonds. The van der Waals surface area contributed by atoms with Gasteiger partial charge in [-0.3, -0.25) is 4.98 Å². The lowest BCUT2D eigenvalue weighted by Gasteiger charge is -2.38. The quantitative estimate of drug-likeness (QED) is 0.797. The summed E-state index contributed by atoms with van der Waals surface area (Å²) in [6, 6.07) is 14.8. The molecule has 1 unspecified atom stereocenters. The number of nitrogens with zero attached hydrogens (tertiary/aromatic N) is 2. The second-order valence-electron chi connectivity index (χ2n) is 7.56. The van der Waals surface area contributed by atoms with Crippen molar-refractivity contribution in [3.8, 4) is 0 Å². The first-order valence-corrected chi connectivity index (χ1v) is 9.72. The van der Waals surface area contributed by atoms with E-state index < -0.39 is 0 Å². The van der Waals surface area contributed by atoms with Crippen LogP contribution in [0.25, 0.3) is 0 Å². The molecular weight excluding hydrogens is 324 g/mol. The van der Waals surface area contributed by atoms with Crippen molar-refractivity contribution in [2.75, 3.05) is 26.2 Å². The molecule has 4 heteroatoms. The first kappa shape index (κ1) is 17.7. The van der Waals surface area contributed by atoms with E-state index in [0.717, 1.165) is 51.9 Å². The fraction of sp³-hybridized carbons (Fsp3) is 0.500. The van der Waals surface area contributed by atoms with Crippen molar-refractivity contribution in [2.24, 2.45) is 0 Å². The molecule has 2 aliphatic heterocycles. The molecule has 0 aliphatic carbocycles. The molecule has 138 valence electrons. The molecule has 0 N–H and O–H groups in total. The summed E-state index contributed by atoms with van der Waals surface area (Å²) in [5.41, 5.74) is 2.65. The van der Waals surface area contributed by atoms with Crippen molar-refractivity contribution in [3.05, 3.63) is 66.0 Å². The molecule has 1 aromatic carbocycles. The van der Waals surface area contributed by atoms with Crippen LogP contribution in [0.2, 0.25) is 0 Å². The van der Waals surface area contributed by atoms with Crippen molar-refractivity contribution < 1.29 is 9.47 Å². The van der Waals surface area contributed by atoms with Gasteiger partial charge in [0.2, 0.25) is 0 Å².